The Kier molecular flexibility index (Phi) is 5.71. The Morgan fingerprint density at radius 1 is 0.794 bits per heavy atom. The molecule has 34 heavy (non-hydrogen) atoms. The van der Waals surface area contributed by atoms with E-state index in [-0.39, 0.29) is 10.3 Å². The normalized spacial score (nSPS) is 12.1. The van der Waals surface area contributed by atoms with E-state index in [1.54, 1.807) is 16.9 Å². The number of hydrogen-bond donors (Lipinski definition) is 0. The minimum absolute atomic E-state index is 0.173. The van der Waals surface area contributed by atoms with Gasteiger partial charge >= 0.3 is 8.32 Å². The predicted octanol–water partition coefficient (Wildman–Crippen LogP) is 5.41. The summed E-state index contributed by atoms with van der Waals surface area (Å²) in [6, 6.07) is 30.9. The predicted molar refractivity (Wildman–Crippen MR) is 140 cm³/mol. The van der Waals surface area contributed by atoms with Crippen molar-refractivity contribution in [1.82, 2.24) is 19.7 Å². The summed E-state index contributed by atoms with van der Waals surface area (Å²) in [5.41, 5.74) is 0.894. The third-order valence-corrected chi connectivity index (χ3v) is 11.1. The zero-order valence-electron chi connectivity index (χ0n) is 19.3. The number of para-hydroxylation sites is 1. The Labute approximate surface area is 205 Å². The van der Waals surface area contributed by atoms with E-state index in [9.17, 15) is 0 Å². The largest absolute Gasteiger partial charge is 0.520 e. The number of benzene rings is 3. The van der Waals surface area contributed by atoms with Crippen LogP contribution in [0.3, 0.4) is 0 Å². The molecule has 5 aromatic rings. The first-order valence-corrected chi connectivity index (χ1v) is 13.5. The maximum Gasteiger partial charge on any atom is 0.322 e. The second-order valence-corrected chi connectivity index (χ2v) is 13.7. The molecule has 0 saturated heterocycles. The van der Waals surface area contributed by atoms with Gasteiger partial charge in [-0.1, -0.05) is 93.6 Å². The van der Waals surface area contributed by atoms with Gasteiger partial charge in [-0.2, -0.15) is 4.98 Å². The second kappa shape index (κ2) is 8.70. The van der Waals surface area contributed by atoms with Gasteiger partial charge in [-0.3, -0.25) is 0 Å². The number of halogens is 1. The van der Waals surface area contributed by atoms with Crippen LogP contribution in [0, 0.1) is 0 Å². The summed E-state index contributed by atoms with van der Waals surface area (Å²) in [4.78, 5) is 8.39. The summed E-state index contributed by atoms with van der Waals surface area (Å²) in [6.45, 7) is 6.76. The smallest absolute Gasteiger partial charge is 0.322 e. The molecule has 0 unspecified atom stereocenters. The fourth-order valence-electron chi connectivity index (χ4n) is 4.53. The molecule has 170 valence electrons. The van der Waals surface area contributed by atoms with Gasteiger partial charge in [0.25, 0.3) is 0 Å². The summed E-state index contributed by atoms with van der Waals surface area (Å²) in [5, 5.41) is 8.23. The Hall–Kier alpha value is -3.48. The van der Waals surface area contributed by atoms with Crippen molar-refractivity contribution in [1.29, 1.82) is 0 Å². The van der Waals surface area contributed by atoms with Crippen LogP contribution in [-0.4, -0.2) is 28.1 Å². The molecule has 0 fully saturated rings. The van der Waals surface area contributed by atoms with Gasteiger partial charge in [0, 0.05) is 12.3 Å². The van der Waals surface area contributed by atoms with Crippen LogP contribution in [0.25, 0.3) is 16.7 Å². The number of rotatable bonds is 5. The molecule has 5 nitrogen and oxygen atoms in total. The fourth-order valence-corrected chi connectivity index (χ4v) is 9.04. The van der Waals surface area contributed by atoms with Crippen LogP contribution in [0.4, 0.5) is 0 Å². The third-order valence-electron chi connectivity index (χ3n) is 6.05. The summed E-state index contributed by atoms with van der Waals surface area (Å²) >= 11 is 6.09. The maximum atomic E-state index is 7.21. The number of nitrogens with zero attached hydrogens (tertiary/aromatic N) is 4. The highest BCUT2D eigenvalue weighted by Gasteiger charge is 2.52. The SMILES string of the molecule is CC(C)(C)[Si](Oc1nn(-c2ccnc(Cl)n2)c2ccccc12)(c1ccccc1)c1ccccc1. The average Bonchev–Trinajstić information content (AvgIpc) is 3.21. The minimum atomic E-state index is -2.84. The molecule has 0 aliphatic carbocycles. The molecule has 0 saturated carbocycles. The molecule has 0 spiro atoms. The van der Waals surface area contributed by atoms with Crippen molar-refractivity contribution in [2.75, 3.05) is 0 Å². The average molecular weight is 485 g/mol. The van der Waals surface area contributed by atoms with Gasteiger partial charge in [-0.05, 0) is 39.1 Å². The van der Waals surface area contributed by atoms with E-state index in [2.05, 4.69) is 79.3 Å². The molecule has 0 aliphatic heterocycles. The molecule has 0 radical (unpaired) electrons. The van der Waals surface area contributed by atoms with Crippen LogP contribution in [0.15, 0.2) is 97.2 Å². The molecule has 2 heterocycles. The molecular weight excluding hydrogens is 460 g/mol. The minimum Gasteiger partial charge on any atom is -0.520 e. The lowest BCUT2D eigenvalue weighted by Gasteiger charge is -2.42. The molecule has 5 rings (SSSR count). The van der Waals surface area contributed by atoms with E-state index in [1.165, 1.54) is 10.4 Å². The fraction of sp³-hybridized carbons (Fsp3) is 0.148. The van der Waals surface area contributed by atoms with Crippen LogP contribution in [-0.2, 0) is 0 Å². The molecule has 0 aliphatic rings. The number of hydrogen-bond acceptors (Lipinski definition) is 4. The highest BCUT2D eigenvalue weighted by molar-refractivity contribution is 7.00. The standard InChI is InChI=1S/C27H25ClN4OSi/c1-27(2,3)34(20-12-6-4-7-13-20,21-14-8-5-9-15-21)33-25-22-16-10-11-17-23(22)32(31-25)24-18-19-29-26(28)30-24/h4-19H,1-3H3. The maximum absolute atomic E-state index is 7.21. The molecule has 0 atom stereocenters. The first-order valence-electron chi connectivity index (χ1n) is 11.2. The highest BCUT2D eigenvalue weighted by Crippen LogP contribution is 2.39. The summed E-state index contributed by atoms with van der Waals surface area (Å²) in [6.07, 6.45) is 1.63. The number of fused-ring (bicyclic) bond motifs is 1. The number of aromatic nitrogens is 4. The lowest BCUT2D eigenvalue weighted by molar-refractivity contribution is 0.490. The van der Waals surface area contributed by atoms with Crippen LogP contribution in [0.1, 0.15) is 20.8 Å². The first kappa shape index (κ1) is 22.3. The molecule has 0 bridgehead atoms. The second-order valence-electron chi connectivity index (χ2n) is 9.18. The van der Waals surface area contributed by atoms with Crippen molar-refractivity contribution in [2.45, 2.75) is 25.8 Å². The molecular formula is C27H25ClN4OSi. The molecule has 0 N–H and O–H groups in total. The molecule has 7 heteroatoms. The topological polar surface area (TPSA) is 52.8 Å². The van der Waals surface area contributed by atoms with Gasteiger partial charge in [0.15, 0.2) is 5.82 Å². The van der Waals surface area contributed by atoms with Crippen molar-refractivity contribution < 1.29 is 4.43 Å². The van der Waals surface area contributed by atoms with Gasteiger partial charge in [-0.15, -0.1) is 5.10 Å². The van der Waals surface area contributed by atoms with E-state index >= 15 is 0 Å². The van der Waals surface area contributed by atoms with Crippen molar-refractivity contribution in [3.8, 4) is 11.7 Å². The van der Waals surface area contributed by atoms with E-state index in [0.717, 1.165) is 10.9 Å². The quantitative estimate of drug-likeness (QED) is 0.247. The third kappa shape index (κ3) is 3.79. The van der Waals surface area contributed by atoms with Gasteiger partial charge in [0.2, 0.25) is 11.2 Å². The highest BCUT2D eigenvalue weighted by atomic mass is 35.5. The van der Waals surface area contributed by atoms with E-state index in [0.29, 0.717) is 11.7 Å². The van der Waals surface area contributed by atoms with E-state index < -0.39 is 8.32 Å². The first-order chi connectivity index (χ1) is 16.4. The Balaban J connectivity index is 1.77. The van der Waals surface area contributed by atoms with Crippen LogP contribution < -0.4 is 14.8 Å². The van der Waals surface area contributed by atoms with Gasteiger partial charge < -0.3 is 4.43 Å². The van der Waals surface area contributed by atoms with Crippen LogP contribution in [0.5, 0.6) is 5.88 Å². The summed E-state index contributed by atoms with van der Waals surface area (Å²) in [7, 11) is -2.84. The Morgan fingerprint density at radius 3 is 1.97 bits per heavy atom. The van der Waals surface area contributed by atoms with Gasteiger partial charge in [0.05, 0.1) is 10.9 Å². The Bertz CT molecular complexity index is 1390. The van der Waals surface area contributed by atoms with Crippen molar-refractivity contribution in [3.05, 3.63) is 102 Å². The molecule has 0 amide bonds. The zero-order chi connectivity index (χ0) is 23.8. The van der Waals surface area contributed by atoms with Crippen molar-refractivity contribution in [2.24, 2.45) is 0 Å². The summed E-state index contributed by atoms with van der Waals surface area (Å²) < 4.78 is 8.99. The van der Waals surface area contributed by atoms with Crippen molar-refractivity contribution in [3.63, 3.8) is 0 Å². The monoisotopic (exact) mass is 484 g/mol. The molecule has 2 aromatic heterocycles. The van der Waals surface area contributed by atoms with Crippen molar-refractivity contribution >= 4 is 41.2 Å². The molecule has 3 aromatic carbocycles. The lowest BCUT2D eigenvalue weighted by Crippen LogP contribution is -2.68. The van der Waals surface area contributed by atoms with Crippen LogP contribution >= 0.6 is 11.6 Å². The van der Waals surface area contributed by atoms with Gasteiger partial charge in [0.1, 0.15) is 0 Å². The van der Waals surface area contributed by atoms with E-state index in [4.69, 9.17) is 21.1 Å². The van der Waals surface area contributed by atoms with Crippen LogP contribution in [0.2, 0.25) is 10.3 Å². The Morgan fingerprint density at radius 2 is 1.38 bits per heavy atom. The zero-order valence-corrected chi connectivity index (χ0v) is 21.1. The van der Waals surface area contributed by atoms with E-state index in [1.807, 2.05) is 36.4 Å². The van der Waals surface area contributed by atoms with Gasteiger partial charge in [-0.25, -0.2) is 9.67 Å². The summed E-state index contributed by atoms with van der Waals surface area (Å²) in [5.74, 6) is 1.17. The lowest BCUT2D eigenvalue weighted by atomic mass is 10.2.